The quantitative estimate of drug-likeness (QED) is 0.110. The van der Waals surface area contributed by atoms with Crippen LogP contribution >= 0.6 is 11.8 Å². The molecule has 9 N–H and O–H groups in total. The summed E-state index contributed by atoms with van der Waals surface area (Å²) in [6.45, 7) is 10.1. The normalized spacial score (nSPS) is 18.9. The molecule has 0 fully saturated rings. The summed E-state index contributed by atoms with van der Waals surface area (Å²) in [7, 11) is 0. The number of aliphatic hydroxyl groups excluding tert-OH is 4. The van der Waals surface area contributed by atoms with Crippen LogP contribution in [0.25, 0.3) is 0 Å². The Hall–Kier alpha value is -0.790. The number of carboxylic acids is 1. The van der Waals surface area contributed by atoms with E-state index in [4.69, 9.17) is 5.73 Å². The lowest BCUT2D eigenvalue weighted by Crippen LogP contribution is -2.70. The van der Waals surface area contributed by atoms with E-state index in [9.17, 15) is 35.1 Å². The fourth-order valence-corrected chi connectivity index (χ4v) is 4.77. The molecule has 35 heavy (non-hydrogen) atoms. The van der Waals surface area contributed by atoms with Crippen molar-refractivity contribution in [2.45, 2.75) is 120 Å². The topological polar surface area (TPSA) is 185 Å². The zero-order valence-corrected chi connectivity index (χ0v) is 23.1. The van der Waals surface area contributed by atoms with E-state index in [1.54, 1.807) is 25.6 Å². The summed E-state index contributed by atoms with van der Waals surface area (Å²) < 4.78 is 0. The zero-order valence-electron chi connectivity index (χ0n) is 22.3. The first-order valence-electron chi connectivity index (χ1n) is 12.5. The predicted octanol–water partition coefficient (Wildman–Crippen LogP) is 0.443. The van der Waals surface area contributed by atoms with Gasteiger partial charge in [-0.05, 0) is 44.3 Å². The number of hydrogen-bond acceptors (Lipinski definition) is 10. The highest BCUT2D eigenvalue weighted by atomic mass is 32.2. The van der Waals surface area contributed by atoms with Gasteiger partial charge in [0.05, 0.1) is 23.9 Å². The molecule has 0 aromatic carbocycles. The summed E-state index contributed by atoms with van der Waals surface area (Å²) in [4.78, 5) is 26.3. The van der Waals surface area contributed by atoms with Crippen molar-refractivity contribution < 1.29 is 35.1 Å². The number of rotatable bonds is 19. The average molecular weight is 524 g/mol. The number of thioether (sulfide) groups is 1. The Morgan fingerprint density at radius 1 is 0.914 bits per heavy atom. The van der Waals surface area contributed by atoms with E-state index in [2.05, 4.69) is 10.6 Å². The van der Waals surface area contributed by atoms with Crippen LogP contribution in [0.5, 0.6) is 0 Å². The van der Waals surface area contributed by atoms with Gasteiger partial charge in [0.2, 0.25) is 0 Å². The van der Waals surface area contributed by atoms with Crippen LogP contribution in [0.4, 0.5) is 0 Å². The van der Waals surface area contributed by atoms with E-state index in [0.29, 0.717) is 19.3 Å². The van der Waals surface area contributed by atoms with Crippen LogP contribution in [0.2, 0.25) is 0 Å². The van der Waals surface area contributed by atoms with Crippen molar-refractivity contribution in [3.8, 4) is 0 Å². The van der Waals surface area contributed by atoms with Crippen LogP contribution in [0.3, 0.4) is 0 Å². The van der Waals surface area contributed by atoms with Crippen LogP contribution in [-0.2, 0) is 9.59 Å². The molecule has 0 saturated heterocycles. The maximum absolute atomic E-state index is 14.1. The van der Waals surface area contributed by atoms with E-state index in [0.717, 1.165) is 0 Å². The summed E-state index contributed by atoms with van der Waals surface area (Å²) in [6.07, 6.45) is -1.50. The Morgan fingerprint density at radius 2 is 1.43 bits per heavy atom. The minimum absolute atomic E-state index is 0.219. The first-order chi connectivity index (χ1) is 16.2. The third kappa shape index (κ3) is 9.23. The molecule has 10 nitrogen and oxygen atoms in total. The lowest BCUT2D eigenvalue weighted by molar-refractivity contribution is -0.144. The number of aliphatic carboxylic acids is 1. The first-order valence-corrected chi connectivity index (χ1v) is 13.8. The Labute approximate surface area is 214 Å². The predicted molar refractivity (Wildman–Crippen MR) is 139 cm³/mol. The Bertz CT molecular complexity index is 647. The molecule has 7 atom stereocenters. The number of carboxylic acid groups (broad SMARTS) is 1. The summed E-state index contributed by atoms with van der Waals surface area (Å²) in [6, 6.07) is -2.46. The number of ketones is 1. The molecular weight excluding hydrogens is 474 g/mol. The fraction of sp³-hybridized carbons (Fsp3) is 0.917. The van der Waals surface area contributed by atoms with E-state index < -0.39 is 60.0 Å². The zero-order chi connectivity index (χ0) is 27.6. The molecule has 0 bridgehead atoms. The largest absolute Gasteiger partial charge is 0.480 e. The third-order valence-electron chi connectivity index (χ3n) is 7.31. The summed E-state index contributed by atoms with van der Waals surface area (Å²) in [5.41, 5.74) is 3.97. The van der Waals surface area contributed by atoms with Gasteiger partial charge in [-0.1, -0.05) is 41.5 Å². The van der Waals surface area contributed by atoms with Gasteiger partial charge in [0.1, 0.15) is 24.4 Å². The van der Waals surface area contributed by atoms with Crippen LogP contribution in [0.15, 0.2) is 0 Å². The van der Waals surface area contributed by atoms with E-state index >= 15 is 0 Å². The van der Waals surface area contributed by atoms with Gasteiger partial charge in [-0.15, -0.1) is 0 Å². The second kappa shape index (κ2) is 15.5. The number of hydrogen-bond donors (Lipinski definition) is 8. The Balaban J connectivity index is 6.43. The highest BCUT2D eigenvalue weighted by Gasteiger charge is 2.48. The number of Topliss-reactive ketones (excluding diaryl/α,β-unsaturated/α-hetero) is 1. The van der Waals surface area contributed by atoms with Gasteiger partial charge in [0.15, 0.2) is 5.78 Å². The minimum Gasteiger partial charge on any atom is -0.480 e. The second-order valence-corrected chi connectivity index (χ2v) is 10.9. The van der Waals surface area contributed by atoms with E-state index in [1.807, 2.05) is 34.0 Å². The van der Waals surface area contributed by atoms with Crippen molar-refractivity contribution in [3.63, 3.8) is 0 Å². The van der Waals surface area contributed by atoms with Gasteiger partial charge >= 0.3 is 5.97 Å². The molecular formula is C24H49N3O7S. The first kappa shape index (κ1) is 34.2. The Morgan fingerprint density at radius 3 is 1.80 bits per heavy atom. The Kier molecular flexibility index (Phi) is 15.1. The van der Waals surface area contributed by atoms with Gasteiger partial charge in [-0.3, -0.25) is 20.2 Å². The second-order valence-electron chi connectivity index (χ2n) is 9.59. The number of carbonyl (C=O) groups excluding carboxylic acids is 1. The average Bonchev–Trinajstić information content (AvgIpc) is 2.85. The SMILES string of the molecule is CCC(N)(CC)NC(C(=O)C(CC)(CC)NC(C(=O)O)C(C)CC(C)SC)C(O)C(O)C(O)CO. The van der Waals surface area contributed by atoms with E-state index in [1.165, 1.54) is 0 Å². The monoisotopic (exact) mass is 523 g/mol. The molecule has 0 spiro atoms. The molecule has 0 aliphatic heterocycles. The van der Waals surface area contributed by atoms with Gasteiger partial charge in [-0.2, -0.15) is 11.8 Å². The number of nitrogens with two attached hydrogens (primary N) is 1. The number of nitrogens with one attached hydrogen (secondary N) is 2. The molecule has 0 aromatic rings. The van der Waals surface area contributed by atoms with Crippen molar-refractivity contribution in [1.29, 1.82) is 0 Å². The number of carbonyl (C=O) groups is 2. The summed E-state index contributed by atoms with van der Waals surface area (Å²) in [5, 5.41) is 56.9. The van der Waals surface area contributed by atoms with Gasteiger partial charge in [0, 0.05) is 5.25 Å². The molecule has 0 aliphatic carbocycles. The number of aliphatic hydroxyl groups is 4. The molecule has 0 saturated carbocycles. The lowest BCUT2D eigenvalue weighted by atomic mass is 9.79. The molecule has 11 heteroatoms. The van der Waals surface area contributed by atoms with Crippen LogP contribution in [0.1, 0.15) is 73.6 Å². The maximum Gasteiger partial charge on any atom is 0.320 e. The van der Waals surface area contributed by atoms with Crippen molar-refractivity contribution >= 4 is 23.5 Å². The summed E-state index contributed by atoms with van der Waals surface area (Å²) in [5.74, 6) is -1.94. The standard InChI is InChI=1S/C24H49N3O7S/c1-8-23(9-2,26-17(22(33)34)14(5)12-15(6)35-7)21(32)18(27-24(25,10-3)11-4)20(31)19(30)16(29)13-28/h14-20,26-31H,8-13,25H2,1-7H3,(H,33,34). The fourth-order valence-electron chi connectivity index (χ4n) is 4.27. The molecule has 0 aliphatic rings. The molecule has 0 radical (unpaired) electrons. The van der Waals surface area contributed by atoms with Gasteiger partial charge < -0.3 is 31.3 Å². The van der Waals surface area contributed by atoms with Gasteiger partial charge in [-0.25, -0.2) is 0 Å². The third-order valence-corrected chi connectivity index (χ3v) is 8.31. The smallest absolute Gasteiger partial charge is 0.320 e. The molecule has 208 valence electrons. The van der Waals surface area contributed by atoms with Crippen molar-refractivity contribution in [2.24, 2.45) is 11.7 Å². The van der Waals surface area contributed by atoms with Crippen LogP contribution in [0, 0.1) is 5.92 Å². The molecule has 0 heterocycles. The van der Waals surface area contributed by atoms with E-state index in [-0.39, 0.29) is 24.0 Å². The molecule has 0 aromatic heterocycles. The highest BCUT2D eigenvalue weighted by molar-refractivity contribution is 7.99. The molecule has 7 unspecified atom stereocenters. The van der Waals surface area contributed by atoms with Crippen molar-refractivity contribution in [2.75, 3.05) is 12.9 Å². The molecule has 0 rings (SSSR count). The van der Waals surface area contributed by atoms with Gasteiger partial charge in [0.25, 0.3) is 0 Å². The van der Waals surface area contributed by atoms with Crippen molar-refractivity contribution in [1.82, 2.24) is 10.6 Å². The lowest BCUT2D eigenvalue weighted by Gasteiger charge is -2.43. The molecule has 0 amide bonds. The maximum atomic E-state index is 14.1. The highest BCUT2D eigenvalue weighted by Crippen LogP contribution is 2.27. The van der Waals surface area contributed by atoms with Crippen LogP contribution < -0.4 is 16.4 Å². The minimum atomic E-state index is -1.83. The summed E-state index contributed by atoms with van der Waals surface area (Å²) >= 11 is 1.63. The van der Waals surface area contributed by atoms with Crippen LogP contribution in [-0.4, -0.2) is 97.0 Å². The van der Waals surface area contributed by atoms with Crippen molar-refractivity contribution in [3.05, 3.63) is 0 Å².